The number of nitro benzene ring substituents is 1. The van der Waals surface area contributed by atoms with Crippen molar-refractivity contribution in [3.8, 4) is 0 Å². The van der Waals surface area contributed by atoms with Gasteiger partial charge in [-0.05, 0) is 26.2 Å². The van der Waals surface area contributed by atoms with E-state index in [1.807, 2.05) is 0 Å². The van der Waals surface area contributed by atoms with Gasteiger partial charge < -0.3 is 5.11 Å². The molecule has 0 amide bonds. The van der Waals surface area contributed by atoms with E-state index in [4.69, 9.17) is 0 Å². The van der Waals surface area contributed by atoms with Crippen LogP contribution in [0, 0.1) is 17.0 Å². The van der Waals surface area contributed by atoms with E-state index in [1.54, 1.807) is 6.26 Å². The summed E-state index contributed by atoms with van der Waals surface area (Å²) < 4.78 is 26.5. The SMILES string of the molecule is CSCC(C)(O)CNS(=O)(=O)c1ccc(C)c([N+](=O)[O-])c1. The smallest absolute Gasteiger partial charge is 0.273 e. The summed E-state index contributed by atoms with van der Waals surface area (Å²) in [6.45, 7) is 2.88. The van der Waals surface area contributed by atoms with Crippen molar-refractivity contribution in [3.63, 3.8) is 0 Å². The number of hydrogen-bond donors (Lipinski definition) is 2. The molecular formula is C12H18N2O5S2. The van der Waals surface area contributed by atoms with E-state index in [2.05, 4.69) is 4.72 Å². The van der Waals surface area contributed by atoms with E-state index < -0.39 is 20.5 Å². The molecule has 0 saturated heterocycles. The molecule has 118 valence electrons. The van der Waals surface area contributed by atoms with Crippen LogP contribution in [-0.2, 0) is 10.0 Å². The van der Waals surface area contributed by atoms with Crippen LogP contribution in [0.15, 0.2) is 23.1 Å². The number of hydrogen-bond acceptors (Lipinski definition) is 6. The molecule has 1 aromatic carbocycles. The second-order valence-electron chi connectivity index (χ2n) is 4.96. The van der Waals surface area contributed by atoms with Crippen molar-refractivity contribution >= 4 is 27.5 Å². The minimum Gasteiger partial charge on any atom is -0.388 e. The zero-order valence-electron chi connectivity index (χ0n) is 12.0. The van der Waals surface area contributed by atoms with E-state index in [9.17, 15) is 23.6 Å². The van der Waals surface area contributed by atoms with Gasteiger partial charge in [0.05, 0.1) is 15.4 Å². The van der Waals surface area contributed by atoms with Gasteiger partial charge in [-0.15, -0.1) is 0 Å². The molecule has 1 aromatic rings. The van der Waals surface area contributed by atoms with Crippen molar-refractivity contribution < 1.29 is 18.4 Å². The Hall–Kier alpha value is -1.16. The molecule has 0 spiro atoms. The number of nitrogens with one attached hydrogen (secondary N) is 1. The molecule has 0 radical (unpaired) electrons. The van der Waals surface area contributed by atoms with Gasteiger partial charge in [-0.1, -0.05) is 6.07 Å². The van der Waals surface area contributed by atoms with Crippen LogP contribution in [0.25, 0.3) is 0 Å². The van der Waals surface area contributed by atoms with Crippen molar-refractivity contribution in [1.82, 2.24) is 4.72 Å². The number of rotatable bonds is 7. The number of aliphatic hydroxyl groups is 1. The number of benzene rings is 1. The second kappa shape index (κ2) is 6.73. The van der Waals surface area contributed by atoms with Crippen LogP contribution >= 0.6 is 11.8 Å². The Labute approximate surface area is 128 Å². The maximum atomic E-state index is 12.1. The largest absolute Gasteiger partial charge is 0.388 e. The summed E-state index contributed by atoms with van der Waals surface area (Å²) in [5, 5.41) is 20.8. The van der Waals surface area contributed by atoms with Crippen LogP contribution in [0.1, 0.15) is 12.5 Å². The van der Waals surface area contributed by atoms with Gasteiger partial charge in [-0.3, -0.25) is 10.1 Å². The zero-order chi connectivity index (χ0) is 16.3. The van der Waals surface area contributed by atoms with Gasteiger partial charge >= 0.3 is 0 Å². The third kappa shape index (κ3) is 4.95. The van der Waals surface area contributed by atoms with Crippen LogP contribution in [0.5, 0.6) is 0 Å². The fourth-order valence-electron chi connectivity index (χ4n) is 1.65. The standard InChI is InChI=1S/C12H18N2O5S2/c1-9-4-5-10(6-11(9)14(16)17)21(18,19)13-7-12(2,15)8-20-3/h4-6,13,15H,7-8H2,1-3H3. The van der Waals surface area contributed by atoms with Gasteiger partial charge in [0, 0.05) is 23.9 Å². The topological polar surface area (TPSA) is 110 Å². The highest BCUT2D eigenvalue weighted by Gasteiger charge is 2.25. The molecule has 9 heteroatoms. The molecular weight excluding hydrogens is 316 g/mol. The summed E-state index contributed by atoms with van der Waals surface area (Å²) >= 11 is 1.39. The van der Waals surface area contributed by atoms with E-state index in [1.165, 1.54) is 37.7 Å². The van der Waals surface area contributed by atoms with Crippen LogP contribution < -0.4 is 4.72 Å². The van der Waals surface area contributed by atoms with Gasteiger partial charge in [-0.25, -0.2) is 13.1 Å². The molecule has 0 fully saturated rings. The van der Waals surface area contributed by atoms with Crippen molar-refractivity contribution in [2.45, 2.75) is 24.3 Å². The first-order valence-electron chi connectivity index (χ1n) is 6.05. The fraction of sp³-hybridized carbons (Fsp3) is 0.500. The first-order valence-corrected chi connectivity index (χ1v) is 8.93. The Kier molecular flexibility index (Phi) is 5.74. The molecule has 0 bridgehead atoms. The van der Waals surface area contributed by atoms with Gasteiger partial charge in [-0.2, -0.15) is 11.8 Å². The van der Waals surface area contributed by atoms with Crippen LogP contribution in [0.2, 0.25) is 0 Å². The first-order chi connectivity index (χ1) is 9.59. The molecule has 1 unspecified atom stereocenters. The fourth-order valence-corrected chi connectivity index (χ4v) is 3.55. The molecule has 0 aliphatic rings. The Balaban J connectivity index is 2.99. The lowest BCUT2D eigenvalue weighted by atomic mass is 10.1. The van der Waals surface area contributed by atoms with Gasteiger partial charge in [0.1, 0.15) is 0 Å². The molecule has 7 nitrogen and oxygen atoms in total. The highest BCUT2D eigenvalue weighted by Crippen LogP contribution is 2.22. The number of nitrogens with zero attached hydrogens (tertiary/aromatic N) is 1. The lowest BCUT2D eigenvalue weighted by molar-refractivity contribution is -0.385. The highest BCUT2D eigenvalue weighted by atomic mass is 32.2. The van der Waals surface area contributed by atoms with Crippen molar-refractivity contribution in [2.24, 2.45) is 0 Å². The molecule has 0 saturated carbocycles. The maximum Gasteiger partial charge on any atom is 0.273 e. The normalized spacial score (nSPS) is 14.7. The third-order valence-electron chi connectivity index (χ3n) is 2.79. The zero-order valence-corrected chi connectivity index (χ0v) is 13.6. The molecule has 1 atom stereocenters. The van der Waals surface area contributed by atoms with Crippen molar-refractivity contribution in [3.05, 3.63) is 33.9 Å². The minimum atomic E-state index is -3.91. The summed E-state index contributed by atoms with van der Waals surface area (Å²) in [6, 6.07) is 3.70. The summed E-state index contributed by atoms with van der Waals surface area (Å²) in [7, 11) is -3.91. The first kappa shape index (κ1) is 17.9. The highest BCUT2D eigenvalue weighted by molar-refractivity contribution is 7.98. The predicted molar refractivity (Wildman–Crippen MR) is 82.0 cm³/mol. The molecule has 1 rings (SSSR count). The van der Waals surface area contributed by atoms with Gasteiger partial charge in [0.2, 0.25) is 10.0 Å². The molecule has 0 aliphatic heterocycles. The lowest BCUT2D eigenvalue weighted by Crippen LogP contribution is -2.42. The molecule has 0 aromatic heterocycles. The number of nitro groups is 1. The Bertz CT molecular complexity index is 629. The minimum absolute atomic E-state index is 0.169. The summed E-state index contributed by atoms with van der Waals surface area (Å²) in [5.41, 5.74) is -1.06. The average Bonchev–Trinajstić information content (AvgIpc) is 2.36. The molecule has 2 N–H and O–H groups in total. The molecule has 0 heterocycles. The lowest BCUT2D eigenvalue weighted by Gasteiger charge is -2.22. The van der Waals surface area contributed by atoms with E-state index >= 15 is 0 Å². The number of sulfonamides is 1. The average molecular weight is 334 g/mol. The number of thioether (sulfide) groups is 1. The Morgan fingerprint density at radius 3 is 2.62 bits per heavy atom. The maximum absolute atomic E-state index is 12.1. The van der Waals surface area contributed by atoms with E-state index in [-0.39, 0.29) is 17.1 Å². The molecule has 21 heavy (non-hydrogen) atoms. The Morgan fingerprint density at radius 2 is 2.10 bits per heavy atom. The monoisotopic (exact) mass is 334 g/mol. The van der Waals surface area contributed by atoms with E-state index in [0.717, 1.165) is 6.07 Å². The molecule has 0 aliphatic carbocycles. The van der Waals surface area contributed by atoms with E-state index in [0.29, 0.717) is 11.3 Å². The van der Waals surface area contributed by atoms with Gasteiger partial charge in [0.15, 0.2) is 0 Å². The van der Waals surface area contributed by atoms with Crippen molar-refractivity contribution in [1.29, 1.82) is 0 Å². The summed E-state index contributed by atoms with van der Waals surface area (Å²) in [5.74, 6) is 0.365. The van der Waals surface area contributed by atoms with Crippen LogP contribution in [-0.4, -0.2) is 42.6 Å². The van der Waals surface area contributed by atoms with Crippen molar-refractivity contribution in [2.75, 3.05) is 18.6 Å². The Morgan fingerprint density at radius 1 is 1.48 bits per heavy atom. The quantitative estimate of drug-likeness (QED) is 0.574. The summed E-state index contributed by atoms with van der Waals surface area (Å²) in [6.07, 6.45) is 1.80. The van der Waals surface area contributed by atoms with Crippen LogP contribution in [0.3, 0.4) is 0 Å². The number of aryl methyl sites for hydroxylation is 1. The third-order valence-corrected chi connectivity index (χ3v) is 5.10. The predicted octanol–water partition coefficient (Wildman–Crippen LogP) is 1.30. The summed E-state index contributed by atoms with van der Waals surface area (Å²) in [4.78, 5) is 10.0. The second-order valence-corrected chi connectivity index (χ2v) is 7.59. The van der Waals surface area contributed by atoms with Crippen LogP contribution in [0.4, 0.5) is 5.69 Å². The van der Waals surface area contributed by atoms with Gasteiger partial charge in [0.25, 0.3) is 5.69 Å².